The number of anilines is 1. The summed E-state index contributed by atoms with van der Waals surface area (Å²) in [7, 11) is 0. The molecule has 1 aromatic rings. The smallest absolute Gasteiger partial charge is 0.271 e. The first-order valence-electron chi connectivity index (χ1n) is 7.48. The summed E-state index contributed by atoms with van der Waals surface area (Å²) in [5, 5.41) is 28.6. The Hall–Kier alpha value is -1.89. The van der Waals surface area contributed by atoms with Crippen LogP contribution in [0.5, 0.6) is 5.75 Å². The average molecular weight is 324 g/mol. The maximum Gasteiger partial charge on any atom is 0.271 e. The van der Waals surface area contributed by atoms with Crippen LogP contribution in [0.4, 0.5) is 11.4 Å². The summed E-state index contributed by atoms with van der Waals surface area (Å²) in [5.41, 5.74) is -0.0208. The summed E-state index contributed by atoms with van der Waals surface area (Å²) in [4.78, 5) is 10.2. The monoisotopic (exact) mass is 324 g/mol. The standard InChI is InChI=1S/C15H23N3O3S/c1-3-5-6-11(4-2)10-16-15(22)17-13-9-12(18(20)21)7-8-14(13)19/h7-9,11,19H,3-6,10H2,1-2H3,(H2,16,17,22)/p-1/t11-/m1/s1. The molecule has 6 nitrogen and oxygen atoms in total. The molecule has 0 saturated heterocycles. The average Bonchev–Trinajstić information content (AvgIpc) is 2.49. The van der Waals surface area contributed by atoms with Gasteiger partial charge in [-0.25, -0.2) is 0 Å². The van der Waals surface area contributed by atoms with Gasteiger partial charge in [0, 0.05) is 24.4 Å². The Kier molecular flexibility index (Phi) is 7.59. The Balaban J connectivity index is 2.57. The Morgan fingerprint density at radius 2 is 2.14 bits per heavy atom. The highest BCUT2D eigenvalue weighted by Gasteiger charge is 2.09. The highest BCUT2D eigenvalue weighted by atomic mass is 32.1. The van der Waals surface area contributed by atoms with Gasteiger partial charge < -0.3 is 15.7 Å². The van der Waals surface area contributed by atoms with E-state index in [1.807, 2.05) is 0 Å². The van der Waals surface area contributed by atoms with E-state index >= 15 is 0 Å². The number of non-ortho nitro benzene ring substituents is 1. The Morgan fingerprint density at radius 3 is 2.73 bits per heavy atom. The first kappa shape index (κ1) is 18.2. The van der Waals surface area contributed by atoms with Crippen molar-refractivity contribution in [2.24, 2.45) is 5.92 Å². The molecule has 7 heteroatoms. The molecule has 1 aromatic carbocycles. The molecule has 2 N–H and O–H groups in total. The summed E-state index contributed by atoms with van der Waals surface area (Å²) in [6.45, 7) is 5.02. The van der Waals surface area contributed by atoms with Crippen LogP contribution in [0, 0.1) is 16.0 Å². The van der Waals surface area contributed by atoms with Crippen LogP contribution in [0.25, 0.3) is 0 Å². The van der Waals surface area contributed by atoms with Gasteiger partial charge in [-0.3, -0.25) is 10.1 Å². The maximum atomic E-state index is 11.7. The van der Waals surface area contributed by atoms with Crippen LogP contribution in [0.2, 0.25) is 0 Å². The molecule has 0 aliphatic carbocycles. The fourth-order valence-corrected chi connectivity index (χ4v) is 2.27. The molecule has 1 rings (SSSR count). The predicted molar refractivity (Wildman–Crippen MR) is 90.1 cm³/mol. The van der Waals surface area contributed by atoms with Crippen LogP contribution >= 0.6 is 12.2 Å². The summed E-state index contributed by atoms with van der Waals surface area (Å²) in [6.07, 6.45) is 4.52. The van der Waals surface area contributed by atoms with Gasteiger partial charge in [0.05, 0.1) is 4.92 Å². The Bertz CT molecular complexity index is 523. The Morgan fingerprint density at radius 1 is 1.41 bits per heavy atom. The van der Waals surface area contributed by atoms with E-state index in [1.165, 1.54) is 24.6 Å². The molecule has 0 aliphatic rings. The largest absolute Gasteiger partial charge is 0.871 e. The highest BCUT2D eigenvalue weighted by molar-refractivity contribution is 7.80. The van der Waals surface area contributed by atoms with Crippen molar-refractivity contribution in [3.8, 4) is 5.75 Å². The van der Waals surface area contributed by atoms with E-state index in [9.17, 15) is 15.2 Å². The number of nitrogens with one attached hydrogen (secondary N) is 2. The summed E-state index contributed by atoms with van der Waals surface area (Å²) < 4.78 is 0. The van der Waals surface area contributed by atoms with Gasteiger partial charge in [-0.2, -0.15) is 0 Å². The number of hydrogen-bond acceptors (Lipinski definition) is 4. The van der Waals surface area contributed by atoms with Gasteiger partial charge >= 0.3 is 0 Å². The first-order chi connectivity index (χ1) is 10.5. The molecule has 0 fully saturated rings. The third kappa shape index (κ3) is 5.85. The van der Waals surface area contributed by atoms with Crippen molar-refractivity contribution in [2.45, 2.75) is 39.5 Å². The van der Waals surface area contributed by atoms with Gasteiger partial charge in [0.1, 0.15) is 0 Å². The number of benzene rings is 1. The molecule has 0 spiro atoms. The molecule has 0 saturated carbocycles. The number of nitro benzene ring substituents is 1. The molecule has 0 heterocycles. The van der Waals surface area contributed by atoms with Crippen molar-refractivity contribution in [3.05, 3.63) is 28.3 Å². The van der Waals surface area contributed by atoms with E-state index in [-0.39, 0.29) is 17.1 Å². The zero-order valence-electron chi connectivity index (χ0n) is 12.9. The zero-order chi connectivity index (χ0) is 16.5. The Labute approximate surface area is 136 Å². The van der Waals surface area contributed by atoms with Crippen molar-refractivity contribution >= 4 is 28.7 Å². The molecule has 1 atom stereocenters. The van der Waals surface area contributed by atoms with Crippen LogP contribution in [0.1, 0.15) is 39.5 Å². The molecular formula is C15H22N3O3S-. The lowest BCUT2D eigenvalue weighted by molar-refractivity contribution is -0.385. The topological polar surface area (TPSA) is 90.3 Å². The number of nitrogens with zero attached hydrogens (tertiary/aromatic N) is 1. The number of thiocarbonyl (C=S) groups is 1. The molecule has 0 bridgehead atoms. The van der Waals surface area contributed by atoms with E-state index in [2.05, 4.69) is 24.5 Å². The molecule has 0 aliphatic heterocycles. The second kappa shape index (κ2) is 9.19. The minimum atomic E-state index is -0.543. The third-order valence-electron chi connectivity index (χ3n) is 3.52. The number of hydrogen-bond donors (Lipinski definition) is 2. The fraction of sp³-hybridized carbons (Fsp3) is 0.533. The van der Waals surface area contributed by atoms with Crippen molar-refractivity contribution in [1.29, 1.82) is 0 Å². The summed E-state index contributed by atoms with van der Waals surface area (Å²) in [6, 6.07) is 3.55. The van der Waals surface area contributed by atoms with Crippen LogP contribution < -0.4 is 15.7 Å². The van der Waals surface area contributed by atoms with E-state index in [0.717, 1.165) is 25.8 Å². The van der Waals surface area contributed by atoms with Crippen molar-refractivity contribution < 1.29 is 10.0 Å². The van der Waals surface area contributed by atoms with Gasteiger partial charge in [0.25, 0.3) is 5.69 Å². The minimum absolute atomic E-state index is 0.119. The van der Waals surface area contributed by atoms with E-state index in [1.54, 1.807) is 0 Å². The van der Waals surface area contributed by atoms with Crippen LogP contribution in [-0.4, -0.2) is 16.6 Å². The number of rotatable bonds is 8. The van der Waals surface area contributed by atoms with E-state index < -0.39 is 4.92 Å². The van der Waals surface area contributed by atoms with Gasteiger partial charge in [-0.15, -0.1) is 0 Å². The van der Waals surface area contributed by atoms with Crippen molar-refractivity contribution in [2.75, 3.05) is 11.9 Å². The molecule has 0 aromatic heterocycles. The SMILES string of the molecule is CCCC[C@@H](CC)CNC(=S)Nc1cc([N+](=O)[O-])ccc1[O-]. The van der Waals surface area contributed by atoms with Gasteiger partial charge in [0.15, 0.2) is 5.11 Å². The summed E-state index contributed by atoms with van der Waals surface area (Å²) >= 11 is 5.15. The van der Waals surface area contributed by atoms with E-state index in [4.69, 9.17) is 12.2 Å². The maximum absolute atomic E-state index is 11.7. The second-order valence-electron chi connectivity index (χ2n) is 5.19. The minimum Gasteiger partial charge on any atom is -0.871 e. The van der Waals surface area contributed by atoms with Gasteiger partial charge in [-0.1, -0.05) is 44.9 Å². The lowest BCUT2D eigenvalue weighted by Crippen LogP contribution is -2.33. The van der Waals surface area contributed by atoms with Crippen LogP contribution in [0.15, 0.2) is 18.2 Å². The number of unbranched alkanes of at least 4 members (excludes halogenated alkanes) is 1. The molecular weight excluding hydrogens is 302 g/mol. The zero-order valence-corrected chi connectivity index (χ0v) is 13.7. The lowest BCUT2D eigenvalue weighted by atomic mass is 9.99. The summed E-state index contributed by atoms with van der Waals surface area (Å²) in [5.74, 6) is 0.198. The van der Waals surface area contributed by atoms with E-state index in [0.29, 0.717) is 11.0 Å². The molecule has 0 unspecified atom stereocenters. The predicted octanol–water partition coefficient (Wildman–Crippen LogP) is 3.17. The van der Waals surface area contributed by atoms with Gasteiger partial charge in [-0.05, 0) is 24.6 Å². The van der Waals surface area contributed by atoms with Crippen LogP contribution in [0.3, 0.4) is 0 Å². The highest BCUT2D eigenvalue weighted by Crippen LogP contribution is 2.25. The lowest BCUT2D eigenvalue weighted by Gasteiger charge is -2.19. The molecule has 0 amide bonds. The van der Waals surface area contributed by atoms with Crippen molar-refractivity contribution in [1.82, 2.24) is 5.32 Å². The fourth-order valence-electron chi connectivity index (χ4n) is 2.08. The van der Waals surface area contributed by atoms with Gasteiger partial charge in [0.2, 0.25) is 0 Å². The first-order valence-corrected chi connectivity index (χ1v) is 7.89. The molecule has 0 radical (unpaired) electrons. The quantitative estimate of drug-likeness (QED) is 0.433. The molecule has 122 valence electrons. The van der Waals surface area contributed by atoms with Crippen molar-refractivity contribution in [3.63, 3.8) is 0 Å². The third-order valence-corrected chi connectivity index (χ3v) is 3.76. The normalized spacial score (nSPS) is 11.7. The second-order valence-corrected chi connectivity index (χ2v) is 5.60. The molecule has 22 heavy (non-hydrogen) atoms. The number of nitro groups is 1. The van der Waals surface area contributed by atoms with Crippen LogP contribution in [-0.2, 0) is 0 Å².